The largest absolute Gasteiger partial charge is 0.392 e. The van der Waals surface area contributed by atoms with Crippen LogP contribution < -0.4 is 5.32 Å². The quantitative estimate of drug-likeness (QED) is 0.676. The number of aliphatic hydroxyl groups is 1. The standard InChI is InChI=1S/C16H15ClN4O/c17-14-4-3-11(10-22)6-15(14)19-8-13-9-20-21-16(13)12-2-1-5-18-7-12/h1-7,9,19,22H,8,10H2,(H,20,21). The Morgan fingerprint density at radius 1 is 1.23 bits per heavy atom. The fraction of sp³-hybridized carbons (Fsp3) is 0.125. The molecule has 0 amide bonds. The van der Waals surface area contributed by atoms with Gasteiger partial charge in [0.25, 0.3) is 0 Å². The molecule has 0 aliphatic carbocycles. The van der Waals surface area contributed by atoms with Gasteiger partial charge in [0.1, 0.15) is 0 Å². The molecule has 0 atom stereocenters. The van der Waals surface area contributed by atoms with Crippen LogP contribution in [-0.4, -0.2) is 20.3 Å². The number of hydrogen-bond donors (Lipinski definition) is 3. The van der Waals surface area contributed by atoms with Crippen molar-refractivity contribution in [3.63, 3.8) is 0 Å². The van der Waals surface area contributed by atoms with Crippen LogP contribution in [0.3, 0.4) is 0 Å². The van der Waals surface area contributed by atoms with Crippen molar-refractivity contribution in [2.75, 3.05) is 5.32 Å². The Morgan fingerprint density at radius 3 is 2.91 bits per heavy atom. The summed E-state index contributed by atoms with van der Waals surface area (Å²) in [6.07, 6.45) is 5.30. The number of aliphatic hydroxyl groups excluding tert-OH is 1. The predicted octanol–water partition coefficient (Wildman–Crippen LogP) is 3.23. The lowest BCUT2D eigenvalue weighted by atomic mass is 10.1. The van der Waals surface area contributed by atoms with Crippen molar-refractivity contribution in [1.82, 2.24) is 15.2 Å². The van der Waals surface area contributed by atoms with Crippen LogP contribution in [0.4, 0.5) is 5.69 Å². The molecule has 1 aromatic carbocycles. The van der Waals surface area contributed by atoms with Gasteiger partial charge in [-0.2, -0.15) is 5.10 Å². The van der Waals surface area contributed by atoms with Crippen LogP contribution in [-0.2, 0) is 13.2 Å². The molecule has 2 aromatic heterocycles. The summed E-state index contributed by atoms with van der Waals surface area (Å²) in [5, 5.41) is 20.2. The van der Waals surface area contributed by atoms with Crippen LogP contribution >= 0.6 is 11.6 Å². The molecule has 0 bridgehead atoms. The van der Waals surface area contributed by atoms with Gasteiger partial charge in [-0.1, -0.05) is 17.7 Å². The Bertz CT molecular complexity index is 758. The molecule has 0 spiro atoms. The van der Waals surface area contributed by atoms with Crippen LogP contribution in [0.15, 0.2) is 48.9 Å². The van der Waals surface area contributed by atoms with Crippen LogP contribution in [0.2, 0.25) is 5.02 Å². The molecule has 0 saturated heterocycles. The highest BCUT2D eigenvalue weighted by atomic mass is 35.5. The van der Waals surface area contributed by atoms with E-state index in [9.17, 15) is 5.11 Å². The van der Waals surface area contributed by atoms with Gasteiger partial charge in [0.2, 0.25) is 0 Å². The second-order valence-corrected chi connectivity index (χ2v) is 5.25. The number of halogens is 1. The fourth-order valence-electron chi connectivity index (χ4n) is 2.20. The maximum absolute atomic E-state index is 9.21. The van der Waals surface area contributed by atoms with Crippen LogP contribution in [0, 0.1) is 0 Å². The van der Waals surface area contributed by atoms with E-state index in [1.54, 1.807) is 30.7 Å². The third kappa shape index (κ3) is 3.10. The Morgan fingerprint density at radius 2 is 2.14 bits per heavy atom. The van der Waals surface area contributed by atoms with E-state index in [2.05, 4.69) is 20.5 Å². The van der Waals surface area contributed by atoms with Gasteiger partial charge in [0, 0.05) is 30.1 Å². The van der Waals surface area contributed by atoms with Crippen molar-refractivity contribution >= 4 is 17.3 Å². The van der Waals surface area contributed by atoms with Crippen molar-refractivity contribution < 1.29 is 5.11 Å². The average Bonchev–Trinajstić information content (AvgIpc) is 3.03. The monoisotopic (exact) mass is 314 g/mol. The van der Waals surface area contributed by atoms with E-state index in [1.807, 2.05) is 18.2 Å². The molecular formula is C16H15ClN4O. The summed E-state index contributed by atoms with van der Waals surface area (Å²) in [5.74, 6) is 0. The fourth-order valence-corrected chi connectivity index (χ4v) is 2.39. The predicted molar refractivity (Wildman–Crippen MR) is 86.5 cm³/mol. The van der Waals surface area contributed by atoms with Gasteiger partial charge < -0.3 is 10.4 Å². The molecule has 5 nitrogen and oxygen atoms in total. The highest BCUT2D eigenvalue weighted by molar-refractivity contribution is 6.33. The molecule has 0 unspecified atom stereocenters. The van der Waals surface area contributed by atoms with Crippen LogP contribution in [0.25, 0.3) is 11.3 Å². The lowest BCUT2D eigenvalue weighted by Gasteiger charge is -2.10. The highest BCUT2D eigenvalue weighted by Crippen LogP contribution is 2.25. The summed E-state index contributed by atoms with van der Waals surface area (Å²) in [6, 6.07) is 9.27. The Hall–Kier alpha value is -2.37. The van der Waals surface area contributed by atoms with E-state index < -0.39 is 0 Å². The molecule has 0 radical (unpaired) electrons. The molecule has 3 N–H and O–H groups in total. The van der Waals surface area contributed by atoms with Crippen LogP contribution in [0.1, 0.15) is 11.1 Å². The van der Waals surface area contributed by atoms with E-state index in [1.165, 1.54) is 0 Å². The van der Waals surface area contributed by atoms with Gasteiger partial charge in [0.05, 0.1) is 29.2 Å². The number of pyridine rings is 1. The van der Waals surface area contributed by atoms with Gasteiger partial charge in [0.15, 0.2) is 0 Å². The zero-order valence-electron chi connectivity index (χ0n) is 11.8. The van der Waals surface area contributed by atoms with Gasteiger partial charge in [-0.15, -0.1) is 0 Å². The summed E-state index contributed by atoms with van der Waals surface area (Å²) < 4.78 is 0. The summed E-state index contributed by atoms with van der Waals surface area (Å²) in [7, 11) is 0. The first kappa shape index (κ1) is 14.6. The van der Waals surface area contributed by atoms with Gasteiger partial charge in [-0.05, 0) is 29.8 Å². The molecule has 0 fully saturated rings. The molecule has 6 heteroatoms. The lowest BCUT2D eigenvalue weighted by molar-refractivity contribution is 0.282. The maximum atomic E-state index is 9.21. The summed E-state index contributed by atoms with van der Waals surface area (Å²) in [6.45, 7) is 0.549. The third-order valence-electron chi connectivity index (χ3n) is 3.35. The van der Waals surface area contributed by atoms with Crippen molar-refractivity contribution in [1.29, 1.82) is 0 Å². The smallest absolute Gasteiger partial charge is 0.0715 e. The zero-order chi connectivity index (χ0) is 15.4. The van der Waals surface area contributed by atoms with E-state index >= 15 is 0 Å². The number of nitrogens with zero attached hydrogens (tertiary/aromatic N) is 2. The van der Waals surface area contributed by atoms with E-state index in [-0.39, 0.29) is 6.61 Å². The van der Waals surface area contributed by atoms with E-state index in [4.69, 9.17) is 11.6 Å². The second-order valence-electron chi connectivity index (χ2n) is 4.84. The van der Waals surface area contributed by atoms with Crippen molar-refractivity contribution in [3.8, 4) is 11.3 Å². The molecule has 3 aromatic rings. The number of benzene rings is 1. The maximum Gasteiger partial charge on any atom is 0.0715 e. The van der Waals surface area contributed by atoms with Crippen LogP contribution in [0.5, 0.6) is 0 Å². The second kappa shape index (κ2) is 6.60. The number of hydrogen-bond acceptors (Lipinski definition) is 4. The highest BCUT2D eigenvalue weighted by Gasteiger charge is 2.09. The zero-order valence-corrected chi connectivity index (χ0v) is 12.5. The normalized spacial score (nSPS) is 10.6. The molecule has 2 heterocycles. The molecular weight excluding hydrogens is 300 g/mol. The number of aromatic nitrogens is 3. The first-order chi connectivity index (χ1) is 10.8. The minimum atomic E-state index is -0.0154. The molecule has 0 saturated carbocycles. The first-order valence-corrected chi connectivity index (χ1v) is 7.21. The minimum Gasteiger partial charge on any atom is -0.392 e. The topological polar surface area (TPSA) is 73.8 Å². The van der Waals surface area contributed by atoms with E-state index in [0.717, 1.165) is 28.1 Å². The third-order valence-corrected chi connectivity index (χ3v) is 3.68. The molecule has 0 aliphatic heterocycles. The number of aromatic amines is 1. The minimum absolute atomic E-state index is 0.0154. The summed E-state index contributed by atoms with van der Waals surface area (Å²) in [5.41, 5.74) is 4.51. The Labute approximate surface area is 133 Å². The summed E-state index contributed by atoms with van der Waals surface area (Å²) in [4.78, 5) is 4.12. The van der Waals surface area contributed by atoms with Crippen molar-refractivity contribution in [2.45, 2.75) is 13.2 Å². The molecule has 22 heavy (non-hydrogen) atoms. The number of rotatable bonds is 5. The van der Waals surface area contributed by atoms with E-state index in [0.29, 0.717) is 11.6 Å². The summed E-state index contributed by atoms with van der Waals surface area (Å²) >= 11 is 6.17. The molecule has 112 valence electrons. The first-order valence-electron chi connectivity index (χ1n) is 6.83. The Balaban J connectivity index is 1.80. The number of H-pyrrole nitrogens is 1. The SMILES string of the molecule is OCc1ccc(Cl)c(NCc2cn[nH]c2-c2cccnc2)c1. The molecule has 3 rings (SSSR count). The molecule has 0 aliphatic rings. The van der Waals surface area contributed by atoms with Gasteiger partial charge >= 0.3 is 0 Å². The van der Waals surface area contributed by atoms with Crippen molar-refractivity contribution in [3.05, 3.63) is 65.1 Å². The number of nitrogens with one attached hydrogen (secondary N) is 2. The number of anilines is 1. The van der Waals surface area contributed by atoms with Crippen molar-refractivity contribution in [2.24, 2.45) is 0 Å². The average molecular weight is 315 g/mol. The Kier molecular flexibility index (Phi) is 4.37. The lowest BCUT2D eigenvalue weighted by Crippen LogP contribution is -2.01. The van der Waals surface area contributed by atoms with Gasteiger partial charge in [-0.3, -0.25) is 10.1 Å². The van der Waals surface area contributed by atoms with Gasteiger partial charge in [-0.25, -0.2) is 0 Å².